The lowest BCUT2D eigenvalue weighted by atomic mass is 10.00. The van der Waals surface area contributed by atoms with Gasteiger partial charge in [0.05, 0.1) is 6.10 Å². The number of ether oxygens (including phenoxy) is 1. The van der Waals surface area contributed by atoms with Gasteiger partial charge < -0.3 is 15.0 Å². The monoisotopic (exact) mass is 270 g/mol. The van der Waals surface area contributed by atoms with Gasteiger partial charge in [-0.3, -0.25) is 4.79 Å². The molecule has 0 bridgehead atoms. The molecule has 4 nitrogen and oxygen atoms in total. The third-order valence-corrected chi connectivity index (χ3v) is 3.87. The van der Waals surface area contributed by atoms with Gasteiger partial charge in [0, 0.05) is 38.7 Å². The Kier molecular flexibility index (Phi) is 8.07. The molecule has 2 unspecified atom stereocenters. The number of hydrogen-bond donors (Lipinski definition) is 1. The number of carbonyl (C=O) groups excluding carboxylic acids is 1. The summed E-state index contributed by atoms with van der Waals surface area (Å²) < 4.78 is 5.73. The van der Waals surface area contributed by atoms with E-state index in [0.717, 1.165) is 45.5 Å². The van der Waals surface area contributed by atoms with Crippen LogP contribution >= 0.6 is 0 Å². The molecule has 0 radical (unpaired) electrons. The summed E-state index contributed by atoms with van der Waals surface area (Å²) in [6.45, 7) is 9.52. The van der Waals surface area contributed by atoms with Crippen molar-refractivity contribution in [3.63, 3.8) is 0 Å². The highest BCUT2D eigenvalue weighted by Crippen LogP contribution is 2.17. The van der Waals surface area contributed by atoms with Crippen molar-refractivity contribution < 1.29 is 9.53 Å². The van der Waals surface area contributed by atoms with Crippen LogP contribution in [0.1, 0.15) is 52.9 Å². The molecule has 1 aliphatic rings. The van der Waals surface area contributed by atoms with E-state index in [0.29, 0.717) is 18.6 Å². The number of rotatable bonds is 8. The molecule has 1 saturated heterocycles. The summed E-state index contributed by atoms with van der Waals surface area (Å²) in [5.41, 5.74) is 0. The van der Waals surface area contributed by atoms with E-state index in [9.17, 15) is 4.79 Å². The summed E-state index contributed by atoms with van der Waals surface area (Å²) in [7, 11) is 0. The molecule has 112 valence electrons. The summed E-state index contributed by atoms with van der Waals surface area (Å²) in [4.78, 5) is 13.8. The van der Waals surface area contributed by atoms with Crippen LogP contribution in [-0.2, 0) is 9.53 Å². The van der Waals surface area contributed by atoms with Gasteiger partial charge in [-0.15, -0.1) is 0 Å². The molecule has 0 aromatic heterocycles. The highest BCUT2D eigenvalue weighted by Gasteiger charge is 2.21. The molecule has 1 aliphatic heterocycles. The molecule has 0 aromatic rings. The predicted molar refractivity (Wildman–Crippen MR) is 78.2 cm³/mol. The van der Waals surface area contributed by atoms with Crippen molar-refractivity contribution >= 4 is 5.91 Å². The van der Waals surface area contributed by atoms with Gasteiger partial charge in [-0.25, -0.2) is 0 Å². The van der Waals surface area contributed by atoms with Crippen LogP contribution < -0.4 is 5.32 Å². The SMILES string of the molecule is CCCC1CC(NCCC(=O)N(CC)CC)CCO1. The molecule has 2 atom stereocenters. The zero-order valence-electron chi connectivity index (χ0n) is 12.8. The van der Waals surface area contributed by atoms with Crippen LogP contribution in [0.2, 0.25) is 0 Å². The van der Waals surface area contributed by atoms with Crippen LogP contribution in [-0.4, -0.2) is 49.2 Å². The minimum Gasteiger partial charge on any atom is -0.378 e. The summed E-state index contributed by atoms with van der Waals surface area (Å²) in [6.07, 6.45) is 5.51. The maximum Gasteiger partial charge on any atom is 0.223 e. The highest BCUT2D eigenvalue weighted by molar-refractivity contribution is 5.76. The minimum absolute atomic E-state index is 0.259. The quantitative estimate of drug-likeness (QED) is 0.735. The molecule has 1 rings (SSSR count). The normalized spacial score (nSPS) is 23.3. The van der Waals surface area contributed by atoms with Gasteiger partial charge in [0.1, 0.15) is 0 Å². The third-order valence-electron chi connectivity index (χ3n) is 3.87. The topological polar surface area (TPSA) is 41.6 Å². The van der Waals surface area contributed by atoms with Crippen LogP contribution in [0.15, 0.2) is 0 Å². The van der Waals surface area contributed by atoms with E-state index in [4.69, 9.17) is 4.74 Å². The predicted octanol–water partition coefficient (Wildman–Crippen LogP) is 2.18. The Morgan fingerprint density at radius 2 is 2.05 bits per heavy atom. The van der Waals surface area contributed by atoms with E-state index in [1.807, 2.05) is 18.7 Å². The van der Waals surface area contributed by atoms with Crippen molar-refractivity contribution in [1.29, 1.82) is 0 Å². The van der Waals surface area contributed by atoms with Gasteiger partial charge in [0.25, 0.3) is 0 Å². The van der Waals surface area contributed by atoms with E-state index in [-0.39, 0.29) is 5.91 Å². The largest absolute Gasteiger partial charge is 0.378 e. The number of hydrogen-bond acceptors (Lipinski definition) is 3. The molecule has 19 heavy (non-hydrogen) atoms. The molecule has 0 aromatic carbocycles. The first-order valence-electron chi connectivity index (χ1n) is 7.83. The zero-order valence-corrected chi connectivity index (χ0v) is 12.8. The van der Waals surface area contributed by atoms with Crippen LogP contribution in [0, 0.1) is 0 Å². The molecule has 1 heterocycles. The van der Waals surface area contributed by atoms with E-state index in [1.165, 1.54) is 6.42 Å². The van der Waals surface area contributed by atoms with Gasteiger partial charge in [-0.2, -0.15) is 0 Å². The number of nitrogens with one attached hydrogen (secondary N) is 1. The highest BCUT2D eigenvalue weighted by atomic mass is 16.5. The molecule has 4 heteroatoms. The Labute approximate surface area is 117 Å². The third kappa shape index (κ3) is 5.91. The summed E-state index contributed by atoms with van der Waals surface area (Å²) in [5, 5.41) is 3.52. The molecule has 0 aliphatic carbocycles. The van der Waals surface area contributed by atoms with Crippen LogP contribution in [0.25, 0.3) is 0 Å². The standard InChI is InChI=1S/C15H30N2O2/c1-4-7-14-12-13(9-11-19-14)16-10-8-15(18)17(5-2)6-3/h13-14,16H,4-12H2,1-3H3. The molecule has 0 saturated carbocycles. The molecular weight excluding hydrogens is 240 g/mol. The van der Waals surface area contributed by atoms with E-state index < -0.39 is 0 Å². The number of carbonyl (C=O) groups is 1. The molecule has 1 amide bonds. The Morgan fingerprint density at radius 3 is 2.68 bits per heavy atom. The maximum absolute atomic E-state index is 11.9. The molecular formula is C15H30N2O2. The molecule has 1 N–H and O–H groups in total. The smallest absolute Gasteiger partial charge is 0.223 e. The summed E-state index contributed by atoms with van der Waals surface area (Å²) >= 11 is 0. The van der Waals surface area contributed by atoms with Crippen LogP contribution in [0.4, 0.5) is 0 Å². The van der Waals surface area contributed by atoms with Crippen molar-refractivity contribution in [1.82, 2.24) is 10.2 Å². The fourth-order valence-electron chi connectivity index (χ4n) is 2.71. The summed E-state index contributed by atoms with van der Waals surface area (Å²) in [6, 6.07) is 0.523. The first-order valence-corrected chi connectivity index (χ1v) is 7.83. The Hall–Kier alpha value is -0.610. The average molecular weight is 270 g/mol. The fourth-order valence-corrected chi connectivity index (χ4v) is 2.71. The number of amides is 1. The first kappa shape index (κ1) is 16.4. The lowest BCUT2D eigenvalue weighted by Crippen LogP contribution is -2.41. The molecule has 1 fully saturated rings. The van der Waals surface area contributed by atoms with E-state index >= 15 is 0 Å². The Bertz CT molecular complexity index is 253. The maximum atomic E-state index is 11.9. The lowest BCUT2D eigenvalue weighted by molar-refractivity contribution is -0.130. The van der Waals surface area contributed by atoms with E-state index in [1.54, 1.807) is 0 Å². The second-order valence-electron chi connectivity index (χ2n) is 5.27. The van der Waals surface area contributed by atoms with Crippen molar-refractivity contribution in [2.24, 2.45) is 0 Å². The van der Waals surface area contributed by atoms with Crippen LogP contribution in [0.3, 0.4) is 0 Å². The summed E-state index contributed by atoms with van der Waals surface area (Å²) in [5.74, 6) is 0.259. The minimum atomic E-state index is 0.259. The van der Waals surface area contributed by atoms with Gasteiger partial charge in [-0.1, -0.05) is 13.3 Å². The van der Waals surface area contributed by atoms with Crippen molar-refractivity contribution in [3.05, 3.63) is 0 Å². The Morgan fingerprint density at radius 1 is 1.32 bits per heavy atom. The Balaban J connectivity index is 2.19. The average Bonchev–Trinajstić information content (AvgIpc) is 2.41. The second kappa shape index (κ2) is 9.32. The van der Waals surface area contributed by atoms with Gasteiger partial charge in [0.2, 0.25) is 5.91 Å². The first-order chi connectivity index (χ1) is 9.21. The second-order valence-corrected chi connectivity index (χ2v) is 5.27. The van der Waals surface area contributed by atoms with Gasteiger partial charge in [-0.05, 0) is 33.1 Å². The van der Waals surface area contributed by atoms with E-state index in [2.05, 4.69) is 12.2 Å². The van der Waals surface area contributed by atoms with Crippen molar-refractivity contribution in [2.75, 3.05) is 26.2 Å². The zero-order chi connectivity index (χ0) is 14.1. The lowest BCUT2D eigenvalue weighted by Gasteiger charge is -2.30. The van der Waals surface area contributed by atoms with Gasteiger partial charge in [0.15, 0.2) is 0 Å². The van der Waals surface area contributed by atoms with Crippen molar-refractivity contribution in [3.8, 4) is 0 Å². The van der Waals surface area contributed by atoms with Gasteiger partial charge >= 0.3 is 0 Å². The number of nitrogens with zero attached hydrogens (tertiary/aromatic N) is 1. The van der Waals surface area contributed by atoms with Crippen LogP contribution in [0.5, 0.6) is 0 Å². The fraction of sp³-hybridized carbons (Fsp3) is 0.933. The molecule has 0 spiro atoms. The van der Waals surface area contributed by atoms with Crippen molar-refractivity contribution in [2.45, 2.75) is 65.0 Å².